The van der Waals surface area contributed by atoms with Gasteiger partial charge in [-0.2, -0.15) is 0 Å². The Labute approximate surface area is 96.9 Å². The first-order valence-electron chi connectivity index (χ1n) is 5.31. The zero-order valence-corrected chi connectivity index (χ0v) is 10.5. The lowest BCUT2D eigenvalue weighted by atomic mass is 10.0. The van der Waals surface area contributed by atoms with Crippen LogP contribution >= 0.6 is 0 Å². The second-order valence-corrected chi connectivity index (χ2v) is 4.53. The van der Waals surface area contributed by atoms with Crippen LogP contribution < -0.4 is 15.5 Å². The van der Waals surface area contributed by atoms with Crippen LogP contribution in [0.25, 0.3) is 0 Å². The van der Waals surface area contributed by atoms with E-state index in [0.29, 0.717) is 6.54 Å². The van der Waals surface area contributed by atoms with Gasteiger partial charge in [0.05, 0.1) is 27.2 Å². The number of likely N-dealkylation sites (N-methyl/N-ethyl adjacent to an activating group) is 1. The molecule has 0 aliphatic rings. The first-order valence-corrected chi connectivity index (χ1v) is 5.31. The summed E-state index contributed by atoms with van der Waals surface area (Å²) in [6.45, 7) is 8.10. The van der Waals surface area contributed by atoms with E-state index in [2.05, 4.69) is 17.2 Å². The van der Waals surface area contributed by atoms with E-state index in [1.807, 2.05) is 14.1 Å². The second kappa shape index (κ2) is 6.27. The lowest BCUT2D eigenvalue weighted by Crippen LogP contribution is -3.06. The van der Waals surface area contributed by atoms with Gasteiger partial charge in [0.25, 0.3) is 0 Å². The van der Waals surface area contributed by atoms with Gasteiger partial charge in [-0.25, -0.2) is 0 Å². The summed E-state index contributed by atoms with van der Waals surface area (Å²) in [5, 5.41) is 5.34. The molecular weight excluding hydrogens is 206 g/mol. The zero-order chi connectivity index (χ0) is 12.8. The number of nitrogens with one attached hydrogen (secondary N) is 3. The van der Waals surface area contributed by atoms with E-state index in [9.17, 15) is 9.59 Å². The Kier molecular flexibility index (Phi) is 5.74. The SMILES string of the molecule is C=CC(=O)NC(C)(C)C(=O)NCC[NH+](C)C. The molecule has 0 aromatic heterocycles. The highest BCUT2D eigenvalue weighted by Gasteiger charge is 2.28. The highest BCUT2D eigenvalue weighted by atomic mass is 16.2. The Bertz CT molecular complexity index is 272. The normalized spacial score (nSPS) is 11.1. The molecule has 0 saturated heterocycles. The van der Waals surface area contributed by atoms with E-state index < -0.39 is 5.54 Å². The van der Waals surface area contributed by atoms with Crippen molar-refractivity contribution in [2.75, 3.05) is 27.2 Å². The maximum Gasteiger partial charge on any atom is 0.245 e. The molecule has 3 N–H and O–H groups in total. The molecule has 0 aromatic rings. The van der Waals surface area contributed by atoms with E-state index in [-0.39, 0.29) is 11.8 Å². The molecule has 0 aliphatic heterocycles. The van der Waals surface area contributed by atoms with E-state index >= 15 is 0 Å². The van der Waals surface area contributed by atoms with Crippen molar-refractivity contribution in [1.29, 1.82) is 0 Å². The first-order chi connectivity index (χ1) is 7.29. The highest BCUT2D eigenvalue weighted by molar-refractivity contribution is 5.94. The summed E-state index contributed by atoms with van der Waals surface area (Å²) in [5.41, 5.74) is -0.910. The summed E-state index contributed by atoms with van der Waals surface area (Å²) >= 11 is 0. The van der Waals surface area contributed by atoms with Crippen LogP contribution in [-0.2, 0) is 9.59 Å². The Morgan fingerprint density at radius 2 is 1.94 bits per heavy atom. The predicted molar refractivity (Wildman–Crippen MR) is 63.1 cm³/mol. The molecule has 0 fully saturated rings. The van der Waals surface area contributed by atoms with Gasteiger partial charge in [-0.1, -0.05) is 6.58 Å². The average molecular weight is 228 g/mol. The molecular formula is C11H22N3O2+. The Hall–Kier alpha value is -1.36. The number of carbonyl (C=O) groups excluding carboxylic acids is 2. The molecule has 16 heavy (non-hydrogen) atoms. The predicted octanol–water partition coefficient (Wildman–Crippen LogP) is -1.67. The summed E-state index contributed by atoms with van der Waals surface area (Å²) in [7, 11) is 4.02. The van der Waals surface area contributed by atoms with Crippen molar-refractivity contribution >= 4 is 11.8 Å². The fraction of sp³-hybridized carbons (Fsp3) is 0.636. The number of hydrogen-bond acceptors (Lipinski definition) is 2. The molecule has 2 amide bonds. The summed E-state index contributed by atoms with van der Waals surface area (Å²) in [6.07, 6.45) is 1.15. The maximum absolute atomic E-state index is 11.7. The molecule has 92 valence electrons. The highest BCUT2D eigenvalue weighted by Crippen LogP contribution is 2.01. The van der Waals surface area contributed by atoms with Crippen LogP contribution in [0.15, 0.2) is 12.7 Å². The lowest BCUT2D eigenvalue weighted by Gasteiger charge is -2.24. The molecule has 0 radical (unpaired) electrons. The summed E-state index contributed by atoms with van der Waals surface area (Å²) < 4.78 is 0. The van der Waals surface area contributed by atoms with Crippen LogP contribution in [0.1, 0.15) is 13.8 Å². The van der Waals surface area contributed by atoms with Crippen molar-refractivity contribution in [3.8, 4) is 0 Å². The van der Waals surface area contributed by atoms with Gasteiger partial charge in [-0.15, -0.1) is 0 Å². The fourth-order valence-electron chi connectivity index (χ4n) is 1.06. The van der Waals surface area contributed by atoms with E-state index in [1.54, 1.807) is 13.8 Å². The number of rotatable bonds is 6. The lowest BCUT2D eigenvalue weighted by molar-refractivity contribution is -0.856. The first kappa shape index (κ1) is 14.6. The van der Waals surface area contributed by atoms with Gasteiger partial charge in [0.1, 0.15) is 5.54 Å². The largest absolute Gasteiger partial charge is 0.348 e. The van der Waals surface area contributed by atoms with Crippen molar-refractivity contribution in [3.05, 3.63) is 12.7 Å². The zero-order valence-electron chi connectivity index (χ0n) is 10.5. The van der Waals surface area contributed by atoms with Gasteiger partial charge < -0.3 is 15.5 Å². The number of carbonyl (C=O) groups is 2. The number of amides is 2. The van der Waals surface area contributed by atoms with Crippen molar-refractivity contribution in [3.63, 3.8) is 0 Å². The van der Waals surface area contributed by atoms with Gasteiger partial charge in [-0.05, 0) is 19.9 Å². The monoisotopic (exact) mass is 228 g/mol. The van der Waals surface area contributed by atoms with E-state index in [4.69, 9.17) is 0 Å². The van der Waals surface area contributed by atoms with E-state index in [1.165, 1.54) is 4.90 Å². The molecule has 0 unspecified atom stereocenters. The minimum atomic E-state index is -0.910. The van der Waals surface area contributed by atoms with Gasteiger partial charge in [0.15, 0.2) is 0 Å². The minimum Gasteiger partial charge on any atom is -0.348 e. The molecule has 0 aromatic carbocycles. The van der Waals surface area contributed by atoms with Crippen LogP contribution in [0.5, 0.6) is 0 Å². The molecule has 0 bridgehead atoms. The van der Waals surface area contributed by atoms with Crippen LogP contribution in [0.4, 0.5) is 0 Å². The van der Waals surface area contributed by atoms with Crippen molar-refractivity contribution in [1.82, 2.24) is 10.6 Å². The Balaban J connectivity index is 4.13. The molecule has 5 heteroatoms. The fourth-order valence-corrected chi connectivity index (χ4v) is 1.06. The smallest absolute Gasteiger partial charge is 0.245 e. The van der Waals surface area contributed by atoms with Crippen LogP contribution in [0.2, 0.25) is 0 Å². The summed E-state index contributed by atoms with van der Waals surface area (Å²) in [4.78, 5) is 24.1. The third-order valence-corrected chi connectivity index (χ3v) is 2.10. The van der Waals surface area contributed by atoms with Crippen LogP contribution in [0.3, 0.4) is 0 Å². The Morgan fingerprint density at radius 1 is 1.38 bits per heavy atom. The van der Waals surface area contributed by atoms with Crippen molar-refractivity contribution in [2.24, 2.45) is 0 Å². The summed E-state index contributed by atoms with van der Waals surface area (Å²) in [5.74, 6) is -0.540. The Morgan fingerprint density at radius 3 is 2.38 bits per heavy atom. The topological polar surface area (TPSA) is 62.6 Å². The minimum absolute atomic E-state index is 0.191. The van der Waals surface area contributed by atoms with Gasteiger partial charge >= 0.3 is 0 Å². The van der Waals surface area contributed by atoms with Gasteiger partial charge in [0.2, 0.25) is 11.8 Å². The van der Waals surface area contributed by atoms with Gasteiger partial charge in [-0.3, -0.25) is 9.59 Å². The third-order valence-electron chi connectivity index (χ3n) is 2.10. The average Bonchev–Trinajstić information content (AvgIpc) is 2.16. The van der Waals surface area contributed by atoms with Crippen LogP contribution in [-0.4, -0.2) is 44.5 Å². The van der Waals surface area contributed by atoms with Crippen LogP contribution in [0, 0.1) is 0 Å². The molecule has 0 saturated carbocycles. The number of hydrogen-bond donors (Lipinski definition) is 3. The molecule has 0 heterocycles. The number of quaternary nitrogens is 1. The third kappa shape index (κ3) is 5.50. The molecule has 0 spiro atoms. The van der Waals surface area contributed by atoms with Crippen molar-refractivity contribution < 1.29 is 14.5 Å². The molecule has 0 atom stereocenters. The second-order valence-electron chi connectivity index (χ2n) is 4.53. The molecule has 0 rings (SSSR count). The summed E-state index contributed by atoms with van der Waals surface area (Å²) in [6, 6.07) is 0. The molecule has 5 nitrogen and oxygen atoms in total. The van der Waals surface area contributed by atoms with Crippen molar-refractivity contribution in [2.45, 2.75) is 19.4 Å². The standard InChI is InChI=1S/C11H21N3O2/c1-6-9(15)13-11(2,3)10(16)12-7-8-14(4)5/h6H,1,7-8H2,2-5H3,(H,12,16)(H,13,15)/p+1. The maximum atomic E-state index is 11.7. The molecule has 0 aliphatic carbocycles. The van der Waals surface area contributed by atoms with E-state index in [0.717, 1.165) is 12.6 Å². The van der Waals surface area contributed by atoms with Gasteiger partial charge in [0, 0.05) is 0 Å². The quantitative estimate of drug-likeness (QED) is 0.476.